The molecule has 2 rings (SSSR count). The second-order valence-corrected chi connectivity index (χ2v) is 5.46. The van der Waals surface area contributed by atoms with Gasteiger partial charge in [0, 0.05) is 39.4 Å². The summed E-state index contributed by atoms with van der Waals surface area (Å²) >= 11 is 0. The molecular weight excluding hydrogens is 238 g/mol. The molecule has 0 radical (unpaired) electrons. The lowest BCUT2D eigenvalue weighted by atomic mass is 10.1. The molecule has 19 heavy (non-hydrogen) atoms. The van der Waals surface area contributed by atoms with Gasteiger partial charge in [0.05, 0.1) is 0 Å². The van der Waals surface area contributed by atoms with Crippen LogP contribution in [-0.4, -0.2) is 62.5 Å². The van der Waals surface area contributed by atoms with E-state index in [1.165, 1.54) is 11.3 Å². The zero-order chi connectivity index (χ0) is 14.0. The Hall–Kier alpha value is -1.55. The van der Waals surface area contributed by atoms with Gasteiger partial charge in [-0.25, -0.2) is 0 Å². The van der Waals surface area contributed by atoms with Crippen LogP contribution in [0.5, 0.6) is 0 Å². The molecular formula is C15H23N3O. The average molecular weight is 261 g/mol. The van der Waals surface area contributed by atoms with Gasteiger partial charge >= 0.3 is 0 Å². The number of amides is 1. The molecule has 0 aliphatic carbocycles. The van der Waals surface area contributed by atoms with Crippen LogP contribution >= 0.6 is 0 Å². The molecule has 1 amide bonds. The summed E-state index contributed by atoms with van der Waals surface area (Å²) in [5.41, 5.74) is 2.51. The monoisotopic (exact) mass is 261 g/mol. The highest BCUT2D eigenvalue weighted by molar-refractivity contribution is 5.82. The smallest absolute Gasteiger partial charge is 0.241 e. The third kappa shape index (κ3) is 2.89. The topological polar surface area (TPSA) is 26.8 Å². The van der Waals surface area contributed by atoms with Gasteiger partial charge in [0.15, 0.2) is 0 Å². The van der Waals surface area contributed by atoms with Gasteiger partial charge < -0.3 is 9.80 Å². The zero-order valence-electron chi connectivity index (χ0n) is 12.3. The fourth-order valence-electron chi connectivity index (χ4n) is 2.58. The molecule has 104 valence electrons. The highest BCUT2D eigenvalue weighted by atomic mass is 16.2. The third-order valence-corrected chi connectivity index (χ3v) is 3.83. The number of piperazine rings is 1. The Labute approximate surface area is 115 Å². The van der Waals surface area contributed by atoms with Crippen molar-refractivity contribution in [1.29, 1.82) is 0 Å². The molecule has 1 unspecified atom stereocenters. The van der Waals surface area contributed by atoms with Crippen LogP contribution in [0.4, 0.5) is 5.69 Å². The second kappa shape index (κ2) is 5.61. The van der Waals surface area contributed by atoms with Crippen LogP contribution in [0.2, 0.25) is 0 Å². The molecule has 1 aromatic rings. The molecule has 0 aromatic heterocycles. The van der Waals surface area contributed by atoms with Crippen molar-refractivity contribution < 1.29 is 4.79 Å². The molecule has 1 aliphatic rings. The summed E-state index contributed by atoms with van der Waals surface area (Å²) in [5, 5.41) is 0. The van der Waals surface area contributed by atoms with Crippen molar-refractivity contribution in [3.63, 3.8) is 0 Å². The number of hydrogen-bond donors (Lipinski definition) is 0. The molecule has 0 bridgehead atoms. The van der Waals surface area contributed by atoms with Gasteiger partial charge in [-0.1, -0.05) is 18.2 Å². The molecule has 1 saturated heterocycles. The first kappa shape index (κ1) is 13.9. The van der Waals surface area contributed by atoms with Gasteiger partial charge in [0.25, 0.3) is 0 Å². The van der Waals surface area contributed by atoms with E-state index in [9.17, 15) is 4.79 Å². The van der Waals surface area contributed by atoms with Crippen LogP contribution < -0.4 is 4.90 Å². The lowest BCUT2D eigenvalue weighted by Gasteiger charge is -2.41. The first-order chi connectivity index (χ1) is 9.00. The zero-order valence-corrected chi connectivity index (χ0v) is 12.3. The van der Waals surface area contributed by atoms with Crippen molar-refractivity contribution >= 4 is 11.6 Å². The Bertz CT molecular complexity index is 458. The number of aryl methyl sites for hydroxylation is 1. The second-order valence-electron chi connectivity index (χ2n) is 5.46. The summed E-state index contributed by atoms with van der Waals surface area (Å²) < 4.78 is 0. The molecule has 0 N–H and O–H groups in total. The molecule has 1 atom stereocenters. The number of benzene rings is 1. The van der Waals surface area contributed by atoms with Crippen molar-refractivity contribution in [1.82, 2.24) is 9.80 Å². The first-order valence-electron chi connectivity index (χ1n) is 6.72. The lowest BCUT2D eigenvalue weighted by molar-refractivity contribution is -0.134. The van der Waals surface area contributed by atoms with E-state index in [1.807, 2.05) is 21.1 Å². The van der Waals surface area contributed by atoms with Crippen LogP contribution in [0.3, 0.4) is 0 Å². The minimum absolute atomic E-state index is 0.0524. The predicted molar refractivity (Wildman–Crippen MR) is 78.5 cm³/mol. The van der Waals surface area contributed by atoms with E-state index in [2.05, 4.69) is 41.0 Å². The van der Waals surface area contributed by atoms with E-state index in [0.29, 0.717) is 0 Å². The van der Waals surface area contributed by atoms with Gasteiger partial charge in [-0.3, -0.25) is 9.69 Å². The highest BCUT2D eigenvalue weighted by Crippen LogP contribution is 2.22. The normalized spacial score (nSPS) is 20.4. The summed E-state index contributed by atoms with van der Waals surface area (Å²) in [4.78, 5) is 18.4. The fourth-order valence-corrected chi connectivity index (χ4v) is 2.58. The molecule has 0 saturated carbocycles. The maximum Gasteiger partial charge on any atom is 0.241 e. The lowest BCUT2D eigenvalue weighted by Crippen LogP contribution is -2.57. The van der Waals surface area contributed by atoms with E-state index in [4.69, 9.17) is 0 Å². The SMILES string of the molecule is Cc1ccccc1N1CCN(C)C(C(=O)N(C)C)C1. The Morgan fingerprint density at radius 1 is 1.26 bits per heavy atom. The number of carbonyl (C=O) groups excluding carboxylic acids is 1. The molecule has 1 heterocycles. The van der Waals surface area contributed by atoms with Gasteiger partial charge in [0.1, 0.15) is 6.04 Å². The molecule has 0 spiro atoms. The van der Waals surface area contributed by atoms with Crippen LogP contribution in [0, 0.1) is 6.92 Å². The van der Waals surface area contributed by atoms with Gasteiger partial charge in [0.2, 0.25) is 5.91 Å². The maximum absolute atomic E-state index is 12.2. The molecule has 4 nitrogen and oxygen atoms in total. The highest BCUT2D eigenvalue weighted by Gasteiger charge is 2.31. The standard InChI is InChI=1S/C15H23N3O/c1-12-7-5-6-8-13(12)18-10-9-17(4)14(11-18)15(19)16(2)3/h5-8,14H,9-11H2,1-4H3. The van der Waals surface area contributed by atoms with Crippen LogP contribution in [0.15, 0.2) is 24.3 Å². The largest absolute Gasteiger partial charge is 0.368 e. The Balaban J connectivity index is 2.18. The van der Waals surface area contributed by atoms with Crippen molar-refractivity contribution in [2.45, 2.75) is 13.0 Å². The van der Waals surface area contributed by atoms with Crippen LogP contribution in [0.1, 0.15) is 5.56 Å². The molecule has 1 fully saturated rings. The van der Waals surface area contributed by atoms with E-state index >= 15 is 0 Å². The number of anilines is 1. The Kier molecular flexibility index (Phi) is 4.10. The van der Waals surface area contributed by atoms with Gasteiger partial charge in [-0.15, -0.1) is 0 Å². The minimum atomic E-state index is -0.0524. The molecule has 1 aliphatic heterocycles. The Morgan fingerprint density at radius 2 is 1.95 bits per heavy atom. The number of carbonyl (C=O) groups is 1. The summed E-state index contributed by atoms with van der Waals surface area (Å²) in [5.74, 6) is 0.181. The number of hydrogen-bond acceptors (Lipinski definition) is 3. The maximum atomic E-state index is 12.2. The number of rotatable bonds is 2. The third-order valence-electron chi connectivity index (χ3n) is 3.83. The first-order valence-corrected chi connectivity index (χ1v) is 6.72. The van der Waals surface area contributed by atoms with Crippen molar-refractivity contribution in [2.75, 3.05) is 45.7 Å². The van der Waals surface area contributed by atoms with E-state index in [1.54, 1.807) is 4.90 Å². The Morgan fingerprint density at radius 3 is 2.58 bits per heavy atom. The summed E-state index contributed by atoms with van der Waals surface area (Å²) in [6, 6.07) is 8.32. The fraction of sp³-hybridized carbons (Fsp3) is 0.533. The summed E-state index contributed by atoms with van der Waals surface area (Å²) in [6.07, 6.45) is 0. The minimum Gasteiger partial charge on any atom is -0.368 e. The average Bonchev–Trinajstić information content (AvgIpc) is 2.39. The van der Waals surface area contributed by atoms with E-state index < -0.39 is 0 Å². The van der Waals surface area contributed by atoms with Gasteiger partial charge in [-0.05, 0) is 25.6 Å². The summed E-state index contributed by atoms with van der Waals surface area (Å²) in [6.45, 7) is 4.77. The van der Waals surface area contributed by atoms with Crippen LogP contribution in [-0.2, 0) is 4.79 Å². The van der Waals surface area contributed by atoms with Crippen molar-refractivity contribution in [2.24, 2.45) is 0 Å². The van der Waals surface area contributed by atoms with E-state index in [-0.39, 0.29) is 11.9 Å². The predicted octanol–water partition coefficient (Wildman–Crippen LogP) is 1.20. The van der Waals surface area contributed by atoms with Gasteiger partial charge in [-0.2, -0.15) is 0 Å². The number of likely N-dealkylation sites (N-methyl/N-ethyl adjacent to an activating group) is 2. The number of nitrogens with zero attached hydrogens (tertiary/aromatic N) is 3. The van der Waals surface area contributed by atoms with Crippen LogP contribution in [0.25, 0.3) is 0 Å². The number of para-hydroxylation sites is 1. The quantitative estimate of drug-likeness (QED) is 0.800. The van der Waals surface area contributed by atoms with Crippen molar-refractivity contribution in [3.05, 3.63) is 29.8 Å². The van der Waals surface area contributed by atoms with Crippen molar-refractivity contribution in [3.8, 4) is 0 Å². The van der Waals surface area contributed by atoms with E-state index in [0.717, 1.165) is 19.6 Å². The molecule has 4 heteroatoms. The molecule has 1 aromatic carbocycles. The summed E-state index contributed by atoms with van der Waals surface area (Å²) in [7, 11) is 5.67.